The summed E-state index contributed by atoms with van der Waals surface area (Å²) in [4.78, 5) is 10.4. The van der Waals surface area contributed by atoms with Crippen LogP contribution in [0.15, 0.2) is 18.5 Å². The summed E-state index contributed by atoms with van der Waals surface area (Å²) in [7, 11) is 2.02. The molecule has 1 heterocycles. The van der Waals surface area contributed by atoms with E-state index in [1.165, 1.54) is 0 Å². The third kappa shape index (κ3) is 3.28. The molecular formula is C9H14ClN3. The Morgan fingerprint density at radius 3 is 2.62 bits per heavy atom. The van der Waals surface area contributed by atoms with Crippen LogP contribution in [0.3, 0.4) is 0 Å². The summed E-state index contributed by atoms with van der Waals surface area (Å²) in [5, 5.41) is 0. The van der Waals surface area contributed by atoms with E-state index in [9.17, 15) is 0 Å². The summed E-state index contributed by atoms with van der Waals surface area (Å²) in [5.74, 6) is 1.46. The smallest absolute Gasteiger partial charge is 0.142 e. The van der Waals surface area contributed by atoms with Gasteiger partial charge in [-0.1, -0.05) is 0 Å². The maximum atomic E-state index is 5.73. The van der Waals surface area contributed by atoms with E-state index < -0.39 is 0 Å². The van der Waals surface area contributed by atoms with Crippen molar-refractivity contribution in [3.63, 3.8) is 0 Å². The molecule has 1 aromatic heterocycles. The van der Waals surface area contributed by atoms with Gasteiger partial charge in [0, 0.05) is 24.3 Å². The molecule has 1 aromatic rings. The van der Waals surface area contributed by atoms with Gasteiger partial charge < -0.3 is 0 Å². The minimum atomic E-state index is 0.352. The lowest BCUT2D eigenvalue weighted by Crippen LogP contribution is -2.30. The Hall–Kier alpha value is -0.670. The normalized spacial score (nSPS) is 13.2. The molecule has 0 aliphatic heterocycles. The molecule has 1 atom stereocenters. The highest BCUT2D eigenvalue weighted by Crippen LogP contribution is 2.02. The first-order valence-corrected chi connectivity index (χ1v) is 4.79. The van der Waals surface area contributed by atoms with E-state index in [0.717, 1.165) is 12.4 Å². The van der Waals surface area contributed by atoms with Crippen LogP contribution < -0.4 is 0 Å². The number of hydrogen-bond acceptors (Lipinski definition) is 3. The van der Waals surface area contributed by atoms with Crippen LogP contribution in [-0.2, 0) is 6.54 Å². The van der Waals surface area contributed by atoms with E-state index in [-0.39, 0.29) is 0 Å². The monoisotopic (exact) mass is 199 g/mol. The van der Waals surface area contributed by atoms with Gasteiger partial charge in [-0.15, -0.1) is 11.6 Å². The standard InChI is InChI=1S/C9H14ClN3/c1-8(6-10)13(2)7-9-11-4-3-5-12-9/h3-5,8H,6-7H2,1-2H3. The Balaban J connectivity index is 2.50. The van der Waals surface area contributed by atoms with Crippen molar-refractivity contribution in [3.8, 4) is 0 Å². The average molecular weight is 200 g/mol. The molecule has 1 rings (SSSR count). The zero-order valence-electron chi connectivity index (χ0n) is 7.94. The molecule has 0 spiro atoms. The summed E-state index contributed by atoms with van der Waals surface area (Å²) >= 11 is 5.73. The fourth-order valence-corrected chi connectivity index (χ4v) is 1.14. The molecule has 0 saturated carbocycles. The lowest BCUT2D eigenvalue weighted by Gasteiger charge is -2.21. The van der Waals surface area contributed by atoms with Crippen molar-refractivity contribution in [2.75, 3.05) is 12.9 Å². The van der Waals surface area contributed by atoms with Crippen molar-refractivity contribution in [2.24, 2.45) is 0 Å². The summed E-state index contributed by atoms with van der Waals surface area (Å²) in [6, 6.07) is 2.17. The third-order valence-electron chi connectivity index (χ3n) is 1.99. The van der Waals surface area contributed by atoms with Crippen LogP contribution in [0.4, 0.5) is 0 Å². The maximum Gasteiger partial charge on any atom is 0.142 e. The second-order valence-electron chi connectivity index (χ2n) is 3.08. The van der Waals surface area contributed by atoms with Crippen LogP contribution in [0.25, 0.3) is 0 Å². The fraction of sp³-hybridized carbons (Fsp3) is 0.556. The molecule has 0 fully saturated rings. The van der Waals surface area contributed by atoms with Crippen LogP contribution in [0.2, 0.25) is 0 Å². The molecule has 0 bridgehead atoms. The van der Waals surface area contributed by atoms with Gasteiger partial charge in [0.05, 0.1) is 6.54 Å². The van der Waals surface area contributed by atoms with Crippen LogP contribution >= 0.6 is 11.6 Å². The molecule has 0 aromatic carbocycles. The van der Waals surface area contributed by atoms with E-state index in [4.69, 9.17) is 11.6 Å². The highest BCUT2D eigenvalue weighted by molar-refractivity contribution is 6.18. The maximum absolute atomic E-state index is 5.73. The second kappa shape index (κ2) is 5.14. The Kier molecular flexibility index (Phi) is 4.12. The predicted octanol–water partition coefficient (Wildman–Crippen LogP) is 1.54. The molecule has 0 amide bonds. The molecule has 0 saturated heterocycles. The van der Waals surface area contributed by atoms with Crippen LogP contribution in [-0.4, -0.2) is 33.8 Å². The van der Waals surface area contributed by atoms with Crippen LogP contribution in [0.5, 0.6) is 0 Å². The van der Waals surface area contributed by atoms with E-state index in [1.807, 2.05) is 13.1 Å². The first-order valence-electron chi connectivity index (χ1n) is 4.26. The van der Waals surface area contributed by atoms with Gasteiger partial charge in [0.1, 0.15) is 5.82 Å². The zero-order chi connectivity index (χ0) is 9.68. The molecule has 1 unspecified atom stereocenters. The number of aromatic nitrogens is 2. The Morgan fingerprint density at radius 1 is 1.46 bits per heavy atom. The van der Waals surface area contributed by atoms with Gasteiger partial charge in [-0.05, 0) is 20.0 Å². The van der Waals surface area contributed by atoms with Crippen molar-refractivity contribution in [1.82, 2.24) is 14.9 Å². The first kappa shape index (κ1) is 10.4. The van der Waals surface area contributed by atoms with E-state index in [0.29, 0.717) is 11.9 Å². The highest BCUT2D eigenvalue weighted by Gasteiger charge is 2.08. The summed E-state index contributed by atoms with van der Waals surface area (Å²) in [6.07, 6.45) is 3.50. The number of nitrogens with zero attached hydrogens (tertiary/aromatic N) is 3. The minimum absolute atomic E-state index is 0.352. The average Bonchev–Trinajstić information content (AvgIpc) is 2.18. The number of halogens is 1. The lowest BCUT2D eigenvalue weighted by atomic mass is 10.3. The molecule has 13 heavy (non-hydrogen) atoms. The van der Waals surface area contributed by atoms with Crippen LogP contribution in [0.1, 0.15) is 12.7 Å². The molecule has 0 N–H and O–H groups in total. The molecule has 0 radical (unpaired) electrons. The SMILES string of the molecule is CC(CCl)N(C)Cc1ncccn1. The third-order valence-corrected chi connectivity index (χ3v) is 2.43. The largest absolute Gasteiger partial charge is 0.295 e. The van der Waals surface area contributed by atoms with Crippen molar-refractivity contribution in [1.29, 1.82) is 0 Å². The highest BCUT2D eigenvalue weighted by atomic mass is 35.5. The molecule has 72 valence electrons. The van der Waals surface area contributed by atoms with Crippen molar-refractivity contribution < 1.29 is 0 Å². The lowest BCUT2D eigenvalue weighted by molar-refractivity contribution is 0.262. The fourth-order valence-electron chi connectivity index (χ4n) is 0.908. The minimum Gasteiger partial charge on any atom is -0.295 e. The number of hydrogen-bond donors (Lipinski definition) is 0. The van der Waals surface area contributed by atoms with Gasteiger partial charge in [-0.25, -0.2) is 9.97 Å². The van der Waals surface area contributed by atoms with Crippen molar-refractivity contribution in [3.05, 3.63) is 24.3 Å². The van der Waals surface area contributed by atoms with Gasteiger partial charge in [0.25, 0.3) is 0 Å². The molecule has 0 aliphatic rings. The van der Waals surface area contributed by atoms with Gasteiger partial charge in [0.2, 0.25) is 0 Å². The van der Waals surface area contributed by atoms with Gasteiger partial charge in [-0.3, -0.25) is 4.90 Å². The summed E-state index contributed by atoms with van der Waals surface area (Å²) < 4.78 is 0. The summed E-state index contributed by atoms with van der Waals surface area (Å²) in [6.45, 7) is 2.82. The van der Waals surface area contributed by atoms with Crippen LogP contribution in [0, 0.1) is 0 Å². The van der Waals surface area contributed by atoms with E-state index in [1.54, 1.807) is 12.4 Å². The van der Waals surface area contributed by atoms with E-state index in [2.05, 4.69) is 21.8 Å². The van der Waals surface area contributed by atoms with Crippen molar-refractivity contribution >= 4 is 11.6 Å². The molecule has 0 aliphatic carbocycles. The van der Waals surface area contributed by atoms with Gasteiger partial charge in [-0.2, -0.15) is 0 Å². The van der Waals surface area contributed by atoms with Gasteiger partial charge in [0.15, 0.2) is 0 Å². The van der Waals surface area contributed by atoms with Crippen molar-refractivity contribution in [2.45, 2.75) is 19.5 Å². The quantitative estimate of drug-likeness (QED) is 0.689. The molecule has 3 nitrogen and oxygen atoms in total. The first-order chi connectivity index (χ1) is 6.24. The number of alkyl halides is 1. The Bertz CT molecular complexity index is 240. The predicted molar refractivity (Wildman–Crippen MR) is 53.7 cm³/mol. The Morgan fingerprint density at radius 2 is 2.08 bits per heavy atom. The topological polar surface area (TPSA) is 29.0 Å². The molecule has 4 heteroatoms. The van der Waals surface area contributed by atoms with Gasteiger partial charge >= 0.3 is 0 Å². The Labute approximate surface area is 83.8 Å². The summed E-state index contributed by atoms with van der Waals surface area (Å²) in [5.41, 5.74) is 0. The second-order valence-corrected chi connectivity index (χ2v) is 3.39. The number of rotatable bonds is 4. The zero-order valence-corrected chi connectivity index (χ0v) is 8.70. The van der Waals surface area contributed by atoms with E-state index >= 15 is 0 Å². The molecular weight excluding hydrogens is 186 g/mol.